The van der Waals surface area contributed by atoms with Gasteiger partial charge in [-0.15, -0.1) is 0 Å². The maximum atomic E-state index is 12.5. The third kappa shape index (κ3) is 2.84. The zero-order chi connectivity index (χ0) is 14.9. The molecule has 1 atom stereocenters. The zero-order valence-corrected chi connectivity index (χ0v) is 12.4. The van der Waals surface area contributed by atoms with Gasteiger partial charge in [-0.25, -0.2) is 4.98 Å². The number of carbonyl (C=O) groups excluding carboxylic acids is 2. The fourth-order valence-electron chi connectivity index (χ4n) is 2.20. The zero-order valence-electron chi connectivity index (χ0n) is 11.6. The van der Waals surface area contributed by atoms with Gasteiger partial charge < -0.3 is 21.3 Å². The van der Waals surface area contributed by atoms with Crippen molar-refractivity contribution in [2.45, 2.75) is 12.8 Å². The molecule has 110 valence electrons. The first-order chi connectivity index (χ1) is 9.40. The third-order valence-corrected chi connectivity index (χ3v) is 4.56. The van der Waals surface area contributed by atoms with Crippen LogP contribution in [0.25, 0.3) is 0 Å². The van der Waals surface area contributed by atoms with Crippen LogP contribution >= 0.6 is 11.3 Å². The Morgan fingerprint density at radius 3 is 2.70 bits per heavy atom. The summed E-state index contributed by atoms with van der Waals surface area (Å²) in [6.07, 6.45) is 1.51. The van der Waals surface area contributed by atoms with Gasteiger partial charge in [0.05, 0.1) is 5.92 Å². The van der Waals surface area contributed by atoms with E-state index in [4.69, 9.17) is 11.5 Å². The topological polar surface area (TPSA) is 106 Å². The molecule has 1 aliphatic rings. The highest BCUT2D eigenvalue weighted by atomic mass is 32.1. The second-order valence-corrected chi connectivity index (χ2v) is 6.08. The fourth-order valence-corrected chi connectivity index (χ4v) is 3.08. The Balaban J connectivity index is 2.16. The number of nitrogen functional groups attached to an aromatic ring is 1. The van der Waals surface area contributed by atoms with E-state index in [0.29, 0.717) is 23.1 Å². The number of primary amides is 1. The lowest BCUT2D eigenvalue weighted by molar-refractivity contribution is -0.123. The van der Waals surface area contributed by atoms with Gasteiger partial charge in [-0.2, -0.15) is 0 Å². The van der Waals surface area contributed by atoms with Gasteiger partial charge in [0.25, 0.3) is 5.91 Å². The molecule has 1 saturated heterocycles. The molecule has 0 aliphatic carbocycles. The molecule has 20 heavy (non-hydrogen) atoms. The standard InChI is InChI=1S/C12H19N5O2S/c1-16(2)12-15-9(13)8(20-12)11(19)17-5-3-4-7(6-17)10(14)18/h7H,3-6,13H2,1-2H3,(H2,14,18). The second kappa shape index (κ2) is 5.66. The molecule has 1 aromatic heterocycles. The molecule has 0 bridgehead atoms. The first-order valence-electron chi connectivity index (χ1n) is 6.42. The van der Waals surface area contributed by atoms with Crippen LogP contribution in [-0.2, 0) is 4.79 Å². The molecule has 1 aromatic rings. The van der Waals surface area contributed by atoms with E-state index in [1.165, 1.54) is 11.3 Å². The lowest BCUT2D eigenvalue weighted by atomic mass is 9.97. The van der Waals surface area contributed by atoms with E-state index in [2.05, 4.69) is 4.98 Å². The summed E-state index contributed by atoms with van der Waals surface area (Å²) in [5, 5.41) is 0.689. The molecule has 0 radical (unpaired) electrons. The first-order valence-corrected chi connectivity index (χ1v) is 7.24. The summed E-state index contributed by atoms with van der Waals surface area (Å²) in [5.74, 6) is -0.548. The molecule has 1 aliphatic heterocycles. The molecule has 2 heterocycles. The minimum atomic E-state index is -0.353. The number of nitrogens with zero attached hydrogens (tertiary/aromatic N) is 3. The van der Waals surface area contributed by atoms with Crippen LogP contribution in [0.3, 0.4) is 0 Å². The molecule has 2 rings (SSSR count). The molecule has 1 fully saturated rings. The monoisotopic (exact) mass is 297 g/mol. The van der Waals surface area contributed by atoms with Crippen LogP contribution in [-0.4, -0.2) is 48.9 Å². The SMILES string of the molecule is CN(C)c1nc(N)c(C(=O)N2CCCC(C(N)=O)C2)s1. The van der Waals surface area contributed by atoms with Gasteiger partial charge in [0.2, 0.25) is 5.91 Å². The molecule has 4 N–H and O–H groups in total. The van der Waals surface area contributed by atoms with E-state index in [1.807, 2.05) is 14.1 Å². The van der Waals surface area contributed by atoms with Gasteiger partial charge in [0.1, 0.15) is 10.7 Å². The maximum absolute atomic E-state index is 12.5. The lowest BCUT2D eigenvalue weighted by Gasteiger charge is -2.30. The molecule has 2 amide bonds. The fraction of sp³-hybridized carbons (Fsp3) is 0.583. The Hall–Kier alpha value is -1.83. The van der Waals surface area contributed by atoms with Crippen LogP contribution in [0.5, 0.6) is 0 Å². The highest BCUT2D eigenvalue weighted by Gasteiger charge is 2.29. The number of likely N-dealkylation sites (tertiary alicyclic amines) is 1. The van der Waals surface area contributed by atoms with Crippen molar-refractivity contribution in [3.05, 3.63) is 4.88 Å². The predicted molar refractivity (Wildman–Crippen MR) is 78.7 cm³/mol. The van der Waals surface area contributed by atoms with E-state index >= 15 is 0 Å². The van der Waals surface area contributed by atoms with Crippen LogP contribution in [0.15, 0.2) is 0 Å². The Kier molecular flexibility index (Phi) is 4.12. The summed E-state index contributed by atoms with van der Waals surface area (Å²) in [6.45, 7) is 0.986. The van der Waals surface area contributed by atoms with Gasteiger partial charge in [0, 0.05) is 27.2 Å². The van der Waals surface area contributed by atoms with Crippen LogP contribution in [0.1, 0.15) is 22.5 Å². The first kappa shape index (κ1) is 14.6. The highest BCUT2D eigenvalue weighted by Crippen LogP contribution is 2.29. The van der Waals surface area contributed by atoms with E-state index < -0.39 is 0 Å². The second-order valence-electron chi connectivity index (χ2n) is 5.10. The minimum absolute atomic E-state index is 0.168. The Bertz CT molecular complexity index is 528. The van der Waals surface area contributed by atoms with Crippen molar-refractivity contribution in [1.29, 1.82) is 0 Å². The highest BCUT2D eigenvalue weighted by molar-refractivity contribution is 7.18. The largest absolute Gasteiger partial charge is 0.382 e. The number of hydrogen-bond acceptors (Lipinski definition) is 6. The summed E-state index contributed by atoms with van der Waals surface area (Å²) in [5.41, 5.74) is 11.1. The van der Waals surface area contributed by atoms with Crippen molar-refractivity contribution in [2.75, 3.05) is 37.8 Å². The van der Waals surface area contributed by atoms with Gasteiger partial charge in [-0.05, 0) is 12.8 Å². The maximum Gasteiger partial charge on any atom is 0.267 e. The van der Waals surface area contributed by atoms with Gasteiger partial charge in [-0.1, -0.05) is 11.3 Å². The summed E-state index contributed by atoms with van der Waals surface area (Å²) in [6, 6.07) is 0. The van der Waals surface area contributed by atoms with Crippen molar-refractivity contribution in [1.82, 2.24) is 9.88 Å². The van der Waals surface area contributed by atoms with Crippen molar-refractivity contribution >= 4 is 34.1 Å². The molecular weight excluding hydrogens is 278 g/mol. The number of aromatic nitrogens is 1. The average molecular weight is 297 g/mol. The van der Waals surface area contributed by atoms with Crippen LogP contribution in [0.4, 0.5) is 10.9 Å². The molecule has 8 heteroatoms. The van der Waals surface area contributed by atoms with Crippen molar-refractivity contribution < 1.29 is 9.59 Å². The van der Waals surface area contributed by atoms with Gasteiger partial charge in [-0.3, -0.25) is 9.59 Å². The average Bonchev–Trinajstić information content (AvgIpc) is 2.80. The molecular formula is C12H19N5O2S. The molecule has 0 saturated carbocycles. The summed E-state index contributed by atoms with van der Waals surface area (Å²) < 4.78 is 0. The number of anilines is 2. The van der Waals surface area contributed by atoms with Gasteiger partial charge >= 0.3 is 0 Å². The van der Waals surface area contributed by atoms with Gasteiger partial charge in [0.15, 0.2) is 5.13 Å². The molecule has 1 unspecified atom stereocenters. The molecule has 0 spiro atoms. The Morgan fingerprint density at radius 2 is 2.15 bits per heavy atom. The number of thiazole rings is 1. The van der Waals surface area contributed by atoms with E-state index in [-0.39, 0.29) is 23.6 Å². The summed E-state index contributed by atoms with van der Waals surface area (Å²) in [7, 11) is 3.69. The normalized spacial score (nSPS) is 18.9. The number of hydrogen-bond donors (Lipinski definition) is 2. The van der Waals surface area contributed by atoms with E-state index in [1.54, 1.807) is 9.80 Å². The predicted octanol–water partition coefficient (Wildman–Crippen LogP) is 0.129. The number of carbonyl (C=O) groups is 2. The number of nitrogens with two attached hydrogens (primary N) is 2. The number of amides is 2. The number of piperidine rings is 1. The Morgan fingerprint density at radius 1 is 1.45 bits per heavy atom. The van der Waals surface area contributed by atoms with Crippen molar-refractivity contribution in [3.63, 3.8) is 0 Å². The summed E-state index contributed by atoms with van der Waals surface area (Å²) in [4.78, 5) is 31.8. The van der Waals surface area contributed by atoms with Crippen LogP contribution < -0.4 is 16.4 Å². The molecule has 7 nitrogen and oxygen atoms in total. The third-order valence-electron chi connectivity index (χ3n) is 3.33. The van der Waals surface area contributed by atoms with Crippen LogP contribution in [0.2, 0.25) is 0 Å². The minimum Gasteiger partial charge on any atom is -0.382 e. The smallest absolute Gasteiger partial charge is 0.267 e. The van der Waals surface area contributed by atoms with E-state index in [9.17, 15) is 9.59 Å². The lowest BCUT2D eigenvalue weighted by Crippen LogP contribution is -2.44. The molecule has 0 aromatic carbocycles. The van der Waals surface area contributed by atoms with Crippen LogP contribution in [0, 0.1) is 5.92 Å². The number of rotatable bonds is 3. The van der Waals surface area contributed by atoms with Crippen molar-refractivity contribution in [2.24, 2.45) is 11.7 Å². The van der Waals surface area contributed by atoms with Crippen molar-refractivity contribution in [3.8, 4) is 0 Å². The van der Waals surface area contributed by atoms with E-state index in [0.717, 1.165) is 12.8 Å². The quantitative estimate of drug-likeness (QED) is 0.825. The Labute approximate surface area is 121 Å². The summed E-state index contributed by atoms with van der Waals surface area (Å²) >= 11 is 1.26.